The number of hydrogen-bond acceptors (Lipinski definition) is 5. The van der Waals surface area contributed by atoms with Crippen LogP contribution in [0.5, 0.6) is 5.75 Å². The summed E-state index contributed by atoms with van der Waals surface area (Å²) >= 11 is 0. The highest BCUT2D eigenvalue weighted by Crippen LogP contribution is 2.36. The number of alkyl halides is 3. The molecule has 2 aromatic carbocycles. The van der Waals surface area contributed by atoms with Crippen molar-refractivity contribution in [1.82, 2.24) is 9.78 Å². The Morgan fingerprint density at radius 1 is 1.11 bits per heavy atom. The molecule has 0 unspecified atom stereocenters. The Morgan fingerprint density at radius 3 is 2.33 bits per heavy atom. The van der Waals surface area contributed by atoms with Crippen molar-refractivity contribution < 1.29 is 23.1 Å². The largest absolute Gasteiger partial charge is 0.507 e. The lowest BCUT2D eigenvalue weighted by Crippen LogP contribution is -2.11. The first kappa shape index (κ1) is 18.2. The zero-order valence-corrected chi connectivity index (χ0v) is 13.9. The van der Waals surface area contributed by atoms with Crippen LogP contribution in [0.25, 0.3) is 11.3 Å². The van der Waals surface area contributed by atoms with E-state index in [1.807, 2.05) is 0 Å². The van der Waals surface area contributed by atoms with E-state index in [-0.39, 0.29) is 17.0 Å². The molecule has 3 rings (SSSR count). The number of benzene rings is 2. The normalized spacial score (nSPS) is 11.1. The van der Waals surface area contributed by atoms with Crippen molar-refractivity contribution in [1.29, 1.82) is 0 Å². The second-order valence-electron chi connectivity index (χ2n) is 5.64. The second-order valence-corrected chi connectivity index (χ2v) is 5.64. The van der Waals surface area contributed by atoms with Gasteiger partial charge in [-0.3, -0.25) is 4.68 Å². The molecular weight excluding hydrogens is 361 g/mol. The first-order valence-electron chi connectivity index (χ1n) is 7.67. The van der Waals surface area contributed by atoms with Crippen LogP contribution in [0.4, 0.5) is 30.2 Å². The third-order valence-electron chi connectivity index (χ3n) is 3.77. The summed E-state index contributed by atoms with van der Waals surface area (Å²) in [6.07, 6.45) is -3.09. The fourth-order valence-corrected chi connectivity index (χ4v) is 2.53. The van der Waals surface area contributed by atoms with Crippen molar-refractivity contribution in [2.24, 2.45) is 12.0 Å². The third-order valence-corrected chi connectivity index (χ3v) is 3.77. The molecule has 0 spiro atoms. The van der Waals surface area contributed by atoms with Gasteiger partial charge < -0.3 is 10.4 Å². The minimum Gasteiger partial charge on any atom is -0.507 e. The molecule has 0 aliphatic carbocycles. The van der Waals surface area contributed by atoms with Gasteiger partial charge in [-0.25, -0.2) is 4.79 Å². The van der Waals surface area contributed by atoms with E-state index in [1.165, 1.54) is 25.3 Å². The first-order chi connectivity index (χ1) is 12.8. The van der Waals surface area contributed by atoms with Gasteiger partial charge in [0.2, 0.25) is 6.08 Å². The number of aliphatic imine (C=N–C) groups is 1. The average molecular weight is 374 g/mol. The molecule has 2 N–H and O–H groups in total. The smallest absolute Gasteiger partial charge is 0.433 e. The molecule has 0 bridgehead atoms. The van der Waals surface area contributed by atoms with Gasteiger partial charge in [0.25, 0.3) is 0 Å². The Bertz CT molecular complexity index is 1020. The topological polar surface area (TPSA) is 79.5 Å². The van der Waals surface area contributed by atoms with Crippen LogP contribution in [0.15, 0.2) is 53.5 Å². The number of aromatic hydroxyl groups is 1. The molecule has 0 atom stereocenters. The molecule has 0 aliphatic heterocycles. The van der Waals surface area contributed by atoms with Gasteiger partial charge in [0, 0.05) is 30.1 Å². The quantitative estimate of drug-likeness (QED) is 0.520. The molecule has 6 nitrogen and oxygen atoms in total. The van der Waals surface area contributed by atoms with Crippen LogP contribution in [0.2, 0.25) is 0 Å². The minimum atomic E-state index is -4.53. The lowest BCUT2D eigenvalue weighted by molar-refractivity contribution is -0.143. The van der Waals surface area contributed by atoms with Crippen LogP contribution in [-0.4, -0.2) is 21.0 Å². The predicted octanol–water partition coefficient (Wildman–Crippen LogP) is 4.52. The van der Waals surface area contributed by atoms with E-state index in [1.54, 1.807) is 30.3 Å². The fourth-order valence-electron chi connectivity index (χ4n) is 2.53. The Morgan fingerprint density at radius 2 is 1.78 bits per heavy atom. The molecule has 0 fully saturated rings. The lowest BCUT2D eigenvalue weighted by atomic mass is 10.1. The summed E-state index contributed by atoms with van der Waals surface area (Å²) in [5.74, 6) is -0.214. The SMILES string of the molecule is Cn1nc(-c2ccc(Nc3ccc(N=C=O)cc3)cc2O)cc1C(F)(F)F. The van der Waals surface area contributed by atoms with Crippen LogP contribution in [0, 0.1) is 0 Å². The van der Waals surface area contributed by atoms with E-state index in [0.717, 1.165) is 10.7 Å². The molecule has 1 aromatic heterocycles. The highest BCUT2D eigenvalue weighted by molar-refractivity contribution is 5.73. The van der Waals surface area contributed by atoms with Crippen molar-refractivity contribution in [3.8, 4) is 17.0 Å². The summed E-state index contributed by atoms with van der Waals surface area (Å²) in [4.78, 5) is 13.7. The molecule has 1 heterocycles. The van der Waals surface area contributed by atoms with Gasteiger partial charge in [-0.2, -0.15) is 23.3 Å². The highest BCUT2D eigenvalue weighted by Gasteiger charge is 2.35. The summed E-state index contributed by atoms with van der Waals surface area (Å²) in [6, 6.07) is 11.9. The number of carbonyl (C=O) groups excluding carboxylic acids is 1. The molecule has 0 aliphatic rings. The molecular formula is C18H13F3N4O2. The van der Waals surface area contributed by atoms with Gasteiger partial charge in [-0.05, 0) is 42.5 Å². The maximum atomic E-state index is 12.9. The fraction of sp³-hybridized carbons (Fsp3) is 0.111. The Labute approximate surface area is 151 Å². The maximum absolute atomic E-state index is 12.9. The van der Waals surface area contributed by atoms with Gasteiger partial charge in [0.05, 0.1) is 11.4 Å². The molecule has 0 saturated carbocycles. The van der Waals surface area contributed by atoms with E-state index < -0.39 is 11.9 Å². The van der Waals surface area contributed by atoms with Crippen molar-refractivity contribution in [3.05, 3.63) is 54.2 Å². The van der Waals surface area contributed by atoms with Crippen LogP contribution < -0.4 is 5.32 Å². The molecule has 0 amide bonds. The van der Waals surface area contributed by atoms with E-state index in [9.17, 15) is 23.1 Å². The summed E-state index contributed by atoms with van der Waals surface area (Å²) < 4.78 is 39.4. The summed E-state index contributed by atoms with van der Waals surface area (Å²) in [5.41, 5.74) is 0.938. The van der Waals surface area contributed by atoms with Crippen LogP contribution in [0.1, 0.15) is 5.69 Å². The first-order valence-corrected chi connectivity index (χ1v) is 7.67. The molecule has 138 valence electrons. The van der Waals surface area contributed by atoms with Crippen molar-refractivity contribution in [2.75, 3.05) is 5.32 Å². The van der Waals surface area contributed by atoms with Crippen molar-refractivity contribution in [3.63, 3.8) is 0 Å². The number of anilines is 2. The zero-order valence-electron chi connectivity index (χ0n) is 13.9. The van der Waals surface area contributed by atoms with Crippen LogP contribution >= 0.6 is 0 Å². The number of aryl methyl sites for hydroxylation is 1. The lowest BCUT2D eigenvalue weighted by Gasteiger charge is -2.09. The van der Waals surface area contributed by atoms with Gasteiger partial charge in [-0.1, -0.05) is 0 Å². The number of halogens is 3. The molecule has 9 heteroatoms. The van der Waals surface area contributed by atoms with Crippen LogP contribution in [0.3, 0.4) is 0 Å². The third kappa shape index (κ3) is 3.99. The predicted molar refractivity (Wildman–Crippen MR) is 92.8 cm³/mol. The molecule has 0 saturated heterocycles. The Balaban J connectivity index is 1.85. The standard InChI is InChI=1S/C18H13F3N4O2/c1-25-17(18(19,20)21)9-15(24-25)14-7-6-13(8-16(14)27)23-12-4-2-11(3-5-12)22-10-26/h2-9,23,27H,1H3. The summed E-state index contributed by atoms with van der Waals surface area (Å²) in [6.45, 7) is 0. The van der Waals surface area contributed by atoms with E-state index >= 15 is 0 Å². The Kier molecular flexibility index (Phi) is 4.70. The number of phenolic OH excluding ortho intramolecular Hbond substituents is 1. The van der Waals surface area contributed by atoms with Crippen molar-refractivity contribution in [2.45, 2.75) is 6.18 Å². The molecule has 27 heavy (non-hydrogen) atoms. The van der Waals surface area contributed by atoms with E-state index in [4.69, 9.17) is 0 Å². The average Bonchev–Trinajstić information content (AvgIpc) is 2.99. The maximum Gasteiger partial charge on any atom is 0.433 e. The molecule has 3 aromatic rings. The van der Waals surface area contributed by atoms with Gasteiger partial charge >= 0.3 is 6.18 Å². The second kappa shape index (κ2) is 6.97. The number of rotatable bonds is 4. The highest BCUT2D eigenvalue weighted by atomic mass is 19.4. The van der Waals surface area contributed by atoms with E-state index in [0.29, 0.717) is 17.1 Å². The number of aromatic nitrogens is 2. The summed E-state index contributed by atoms with van der Waals surface area (Å²) in [7, 11) is 1.19. The number of nitrogens with one attached hydrogen (secondary N) is 1. The van der Waals surface area contributed by atoms with E-state index in [2.05, 4.69) is 15.4 Å². The number of phenols is 1. The monoisotopic (exact) mass is 374 g/mol. The zero-order chi connectivity index (χ0) is 19.6. The van der Waals surface area contributed by atoms with Gasteiger partial charge in [-0.15, -0.1) is 0 Å². The van der Waals surface area contributed by atoms with Gasteiger partial charge in [0.1, 0.15) is 11.4 Å². The van der Waals surface area contributed by atoms with Crippen LogP contribution in [-0.2, 0) is 18.0 Å². The number of nitrogens with zero attached hydrogens (tertiary/aromatic N) is 3. The molecule has 0 radical (unpaired) electrons. The van der Waals surface area contributed by atoms with Crippen molar-refractivity contribution >= 4 is 23.1 Å². The summed E-state index contributed by atoms with van der Waals surface area (Å²) in [5, 5.41) is 17.1. The number of isocyanates is 1. The Hall–Kier alpha value is -3.58. The minimum absolute atomic E-state index is 0.0185. The number of hydrogen-bond donors (Lipinski definition) is 2. The van der Waals surface area contributed by atoms with Gasteiger partial charge in [0.15, 0.2) is 0 Å².